The predicted octanol–water partition coefficient (Wildman–Crippen LogP) is 4.75. The van der Waals surface area contributed by atoms with Gasteiger partial charge in [0.05, 0.1) is 27.4 Å². The number of aromatic nitrogens is 1. The van der Waals surface area contributed by atoms with Crippen LogP contribution in [-0.2, 0) is 46.0 Å². The summed E-state index contributed by atoms with van der Waals surface area (Å²) in [7, 11) is 6.22. The number of nitrogens with zero attached hydrogens (tertiary/aromatic N) is 3. The average Bonchev–Trinajstić information content (AvgIpc) is 3.87. The highest BCUT2D eigenvalue weighted by Gasteiger charge is 2.80. The molecule has 2 aromatic carbocycles. The zero-order valence-corrected chi connectivity index (χ0v) is 34.0. The van der Waals surface area contributed by atoms with Crippen LogP contribution in [0, 0.1) is 11.3 Å². The zero-order chi connectivity index (χ0) is 40.2. The third kappa shape index (κ3) is 4.80. The smallest absolute Gasteiger partial charge is 0.344 e. The van der Waals surface area contributed by atoms with E-state index >= 15 is 4.79 Å². The Kier molecular flexibility index (Phi) is 8.77. The number of para-hydroxylation sites is 1. The molecule has 3 unspecified atom stereocenters. The first-order valence-corrected chi connectivity index (χ1v) is 20.3. The van der Waals surface area contributed by atoms with Gasteiger partial charge >= 0.3 is 17.9 Å². The molecule has 1 spiro atoms. The Morgan fingerprint density at radius 1 is 1.00 bits per heavy atom. The topological polar surface area (TPSA) is 134 Å². The second kappa shape index (κ2) is 13.2. The minimum Gasteiger partial charge on any atom is -0.496 e. The number of anilines is 1. The standard InChI is InChI=1S/C45H54N4O8/c1-8-27-19-28-22-44(40(51)55-6,36-30(25-48(23-27)24-28)29-13-10-11-14-33(29)46-36)32-20-31-34(21-35(32)54-5)47(4)38-43(31)16-18-49-17-12-15-42(9-2,37(43)49)39(57-26(3)50)45(38,53)41(52)56-7/h10-15,19-21,28,37-39,46,53H,8-9,16-18,22-25H2,1-7H3/t28-,37-,38?,39-,42+,43-,44?,45?/m1/s1. The number of carbonyl (C=O) groups excluding carboxylic acids is 3. The van der Waals surface area contributed by atoms with Crippen LogP contribution >= 0.6 is 0 Å². The van der Waals surface area contributed by atoms with Crippen LogP contribution in [0.2, 0.25) is 0 Å². The van der Waals surface area contributed by atoms with Gasteiger partial charge in [-0.3, -0.25) is 19.4 Å². The van der Waals surface area contributed by atoms with Gasteiger partial charge < -0.3 is 33.9 Å². The lowest BCUT2D eigenvalue weighted by atomic mass is 9.47. The quantitative estimate of drug-likeness (QED) is 0.196. The molecule has 6 aliphatic rings. The van der Waals surface area contributed by atoms with E-state index in [1.807, 2.05) is 37.1 Å². The molecule has 1 saturated carbocycles. The number of likely N-dealkylation sites (N-methyl/N-ethyl adjacent to an activating group) is 1. The van der Waals surface area contributed by atoms with E-state index in [0.717, 1.165) is 52.9 Å². The number of fused-ring (bicyclic) bond motifs is 6. The van der Waals surface area contributed by atoms with Crippen molar-refractivity contribution >= 4 is 34.5 Å². The number of benzene rings is 2. The molecular formula is C45H54N4O8. The van der Waals surface area contributed by atoms with E-state index in [4.69, 9.17) is 18.9 Å². The molecule has 302 valence electrons. The number of ether oxygens (including phenoxy) is 4. The molecular weight excluding hydrogens is 725 g/mol. The maximum atomic E-state index is 15.2. The average molecular weight is 779 g/mol. The van der Waals surface area contributed by atoms with Gasteiger partial charge in [-0.15, -0.1) is 0 Å². The first kappa shape index (κ1) is 37.9. The zero-order valence-electron chi connectivity index (χ0n) is 34.0. The Balaban J connectivity index is 1.37. The first-order valence-electron chi connectivity index (χ1n) is 20.3. The van der Waals surface area contributed by atoms with Crippen LogP contribution in [-0.4, -0.2) is 116 Å². The fourth-order valence-electron chi connectivity index (χ4n) is 12.8. The third-order valence-corrected chi connectivity index (χ3v) is 14.8. The second-order valence-electron chi connectivity index (χ2n) is 17.2. The van der Waals surface area contributed by atoms with Crippen molar-refractivity contribution in [2.45, 2.75) is 87.6 Å². The van der Waals surface area contributed by atoms with Crippen molar-refractivity contribution in [3.63, 3.8) is 0 Å². The molecule has 3 aromatic rings. The number of rotatable bonds is 7. The Bertz CT molecular complexity index is 2250. The molecule has 5 aliphatic heterocycles. The molecule has 9 rings (SSSR count). The van der Waals surface area contributed by atoms with Gasteiger partial charge in [-0.05, 0) is 61.4 Å². The summed E-state index contributed by atoms with van der Waals surface area (Å²) in [5.41, 5.74) is 1.05. The molecule has 2 bridgehead atoms. The maximum absolute atomic E-state index is 15.2. The fraction of sp³-hybridized carbons (Fsp3) is 0.533. The van der Waals surface area contributed by atoms with Crippen molar-refractivity contribution in [3.8, 4) is 5.75 Å². The van der Waals surface area contributed by atoms with Crippen LogP contribution in [0.25, 0.3) is 10.9 Å². The Labute approximate surface area is 333 Å². The highest BCUT2D eigenvalue weighted by atomic mass is 16.6. The third-order valence-electron chi connectivity index (χ3n) is 14.8. The Morgan fingerprint density at radius 3 is 2.47 bits per heavy atom. The minimum atomic E-state index is -2.27. The van der Waals surface area contributed by atoms with E-state index in [0.29, 0.717) is 50.2 Å². The van der Waals surface area contributed by atoms with Gasteiger partial charge in [0.25, 0.3) is 0 Å². The highest BCUT2D eigenvalue weighted by Crippen LogP contribution is 2.68. The lowest BCUT2D eigenvalue weighted by Crippen LogP contribution is -2.81. The molecule has 1 aliphatic carbocycles. The Hall–Kier alpha value is -4.65. The lowest BCUT2D eigenvalue weighted by Gasteiger charge is -2.63. The van der Waals surface area contributed by atoms with Crippen LogP contribution in [0.4, 0.5) is 5.69 Å². The van der Waals surface area contributed by atoms with Crippen LogP contribution in [0.3, 0.4) is 0 Å². The van der Waals surface area contributed by atoms with Crippen molar-refractivity contribution in [3.05, 3.63) is 82.6 Å². The second-order valence-corrected chi connectivity index (χ2v) is 17.2. The van der Waals surface area contributed by atoms with Gasteiger partial charge in [-0.25, -0.2) is 4.79 Å². The number of nitrogens with one attached hydrogen (secondary N) is 1. The first-order chi connectivity index (χ1) is 27.4. The van der Waals surface area contributed by atoms with E-state index < -0.39 is 45.9 Å². The van der Waals surface area contributed by atoms with Gasteiger partial charge in [0.2, 0.25) is 5.60 Å². The molecule has 12 nitrogen and oxygen atoms in total. The van der Waals surface area contributed by atoms with E-state index in [-0.39, 0.29) is 17.9 Å². The molecule has 6 heterocycles. The van der Waals surface area contributed by atoms with E-state index in [1.54, 1.807) is 7.11 Å². The predicted molar refractivity (Wildman–Crippen MR) is 214 cm³/mol. The summed E-state index contributed by atoms with van der Waals surface area (Å²) in [5.74, 6) is -1.31. The van der Waals surface area contributed by atoms with Gasteiger partial charge in [0, 0.05) is 90.9 Å². The number of esters is 3. The lowest BCUT2D eigenvalue weighted by molar-refractivity contribution is -0.228. The fourth-order valence-corrected chi connectivity index (χ4v) is 12.8. The van der Waals surface area contributed by atoms with Crippen molar-refractivity contribution < 1.29 is 38.4 Å². The van der Waals surface area contributed by atoms with Crippen molar-refractivity contribution in [2.75, 3.05) is 59.5 Å². The molecule has 0 amide bonds. The number of methoxy groups -OCH3 is 3. The normalized spacial score (nSPS) is 34.9. The van der Waals surface area contributed by atoms with Crippen molar-refractivity contribution in [1.82, 2.24) is 14.8 Å². The number of hydrogen-bond donors (Lipinski definition) is 2. The Morgan fingerprint density at radius 2 is 1.77 bits per heavy atom. The molecule has 2 N–H and O–H groups in total. The van der Waals surface area contributed by atoms with Crippen molar-refractivity contribution in [2.24, 2.45) is 11.3 Å². The summed E-state index contributed by atoms with van der Waals surface area (Å²) in [6.07, 6.45) is 7.67. The van der Waals surface area contributed by atoms with Crippen LogP contribution in [0.5, 0.6) is 5.75 Å². The number of H-pyrrole nitrogens is 1. The van der Waals surface area contributed by atoms with Crippen LogP contribution in [0.15, 0.2) is 60.2 Å². The van der Waals surface area contributed by atoms with E-state index in [9.17, 15) is 14.7 Å². The molecule has 9 atom stereocenters. The molecule has 12 heteroatoms. The molecule has 0 radical (unpaired) electrons. The molecule has 2 fully saturated rings. The molecule has 57 heavy (non-hydrogen) atoms. The van der Waals surface area contributed by atoms with E-state index in [1.165, 1.54) is 26.7 Å². The molecule has 1 saturated heterocycles. The number of aliphatic hydroxyl groups is 1. The van der Waals surface area contributed by atoms with Crippen LogP contribution < -0.4 is 9.64 Å². The summed E-state index contributed by atoms with van der Waals surface area (Å²) in [5, 5.41) is 14.4. The van der Waals surface area contributed by atoms with Crippen molar-refractivity contribution in [1.29, 1.82) is 0 Å². The summed E-state index contributed by atoms with van der Waals surface area (Å²) in [6.45, 7) is 9.19. The van der Waals surface area contributed by atoms with Gasteiger partial charge in [-0.1, -0.05) is 55.8 Å². The maximum Gasteiger partial charge on any atom is 0.344 e. The van der Waals surface area contributed by atoms with E-state index in [2.05, 4.69) is 58.1 Å². The summed E-state index contributed by atoms with van der Waals surface area (Å²) >= 11 is 0. The number of hydrogen-bond acceptors (Lipinski definition) is 11. The highest BCUT2D eigenvalue weighted by molar-refractivity contribution is 5.95. The van der Waals surface area contributed by atoms with Gasteiger partial charge in [0.15, 0.2) is 6.10 Å². The van der Waals surface area contributed by atoms with Crippen LogP contribution in [0.1, 0.15) is 68.8 Å². The van der Waals surface area contributed by atoms with Gasteiger partial charge in [-0.2, -0.15) is 0 Å². The van der Waals surface area contributed by atoms with Gasteiger partial charge in [0.1, 0.15) is 11.2 Å². The largest absolute Gasteiger partial charge is 0.496 e. The summed E-state index contributed by atoms with van der Waals surface area (Å²) < 4.78 is 23.9. The number of carbonyl (C=O) groups is 3. The summed E-state index contributed by atoms with van der Waals surface area (Å²) in [4.78, 5) is 53.1. The minimum absolute atomic E-state index is 0.0284. The SMILES string of the molecule is CCC1=C[C@H]2C[N@@](C1)Cc1c([nH]c3ccccc13)C(C(=O)OC)(c1cc3c(cc1OC)N(C)C1C(O)(C(=O)OC)[C@H](OC(C)=O)[C@@]4(CC)C=CCN5CC[C@]31[C@H]54)C2. The number of aromatic amines is 1. The summed E-state index contributed by atoms with van der Waals surface area (Å²) in [6, 6.07) is 11.2. The molecule has 1 aromatic heterocycles. The monoisotopic (exact) mass is 778 g/mol.